The van der Waals surface area contributed by atoms with Gasteiger partial charge in [-0.2, -0.15) is 0 Å². The lowest BCUT2D eigenvalue weighted by molar-refractivity contribution is -0.152. The van der Waals surface area contributed by atoms with Gasteiger partial charge in [-0.25, -0.2) is 4.39 Å². The Kier molecular flexibility index (Phi) is 2.95. The molecule has 4 heteroatoms. The Hall–Kier alpha value is -1.58. The van der Waals surface area contributed by atoms with E-state index in [1.54, 1.807) is 6.07 Å². The van der Waals surface area contributed by atoms with Crippen molar-refractivity contribution in [2.75, 3.05) is 18.0 Å². The van der Waals surface area contributed by atoms with Crippen molar-refractivity contribution in [1.29, 1.82) is 0 Å². The van der Waals surface area contributed by atoms with Crippen molar-refractivity contribution in [1.82, 2.24) is 0 Å². The van der Waals surface area contributed by atoms with Crippen LogP contribution in [0.25, 0.3) is 0 Å². The van der Waals surface area contributed by atoms with Crippen LogP contribution in [-0.2, 0) is 16.0 Å². The van der Waals surface area contributed by atoms with E-state index in [1.165, 1.54) is 6.07 Å². The van der Waals surface area contributed by atoms with E-state index < -0.39 is 0 Å². The summed E-state index contributed by atoms with van der Waals surface area (Å²) in [6, 6.07) is 5.01. The zero-order valence-electron chi connectivity index (χ0n) is 12.1. The molecule has 3 nitrogen and oxygen atoms in total. The maximum atomic E-state index is 13.3. The number of carbonyl (C=O) groups is 1. The largest absolute Gasteiger partial charge is 0.460 e. The summed E-state index contributed by atoms with van der Waals surface area (Å²) in [4.78, 5) is 14.3. The summed E-state index contributed by atoms with van der Waals surface area (Å²) < 4.78 is 19.0. The third-order valence-corrected chi connectivity index (χ3v) is 5.32. The quantitative estimate of drug-likeness (QED) is 0.784. The number of carbonyl (C=O) groups excluding carboxylic acids is 1. The summed E-state index contributed by atoms with van der Waals surface area (Å²) in [6.45, 7) is 1.70. The standard InChI is InChI=1S/C17H20FNO2/c18-13-4-5-15-12(9-13)3-1-8-19(15)11-14-10-17(6-2-7-17)16(20)21-14/h4-5,9,14H,1-3,6-8,10-11H2/t14-/m0/s1. The number of rotatable bonds is 2. The predicted octanol–water partition coefficient (Wildman–Crippen LogP) is 3.06. The smallest absolute Gasteiger partial charge is 0.312 e. The monoisotopic (exact) mass is 289 g/mol. The van der Waals surface area contributed by atoms with Gasteiger partial charge in [-0.3, -0.25) is 4.79 Å². The van der Waals surface area contributed by atoms with Crippen LogP contribution in [0.4, 0.5) is 10.1 Å². The van der Waals surface area contributed by atoms with Crippen LogP contribution in [0.2, 0.25) is 0 Å². The van der Waals surface area contributed by atoms with Crippen molar-refractivity contribution in [3.63, 3.8) is 0 Å². The van der Waals surface area contributed by atoms with E-state index >= 15 is 0 Å². The van der Waals surface area contributed by atoms with Gasteiger partial charge in [-0.05, 0) is 49.4 Å². The number of fused-ring (bicyclic) bond motifs is 1. The maximum absolute atomic E-state index is 13.3. The molecule has 2 fully saturated rings. The van der Waals surface area contributed by atoms with Crippen LogP contribution in [0.3, 0.4) is 0 Å². The normalized spacial score (nSPS) is 26.4. The highest BCUT2D eigenvalue weighted by molar-refractivity contribution is 5.80. The van der Waals surface area contributed by atoms with Gasteiger partial charge in [0, 0.05) is 18.7 Å². The van der Waals surface area contributed by atoms with Crippen LogP contribution >= 0.6 is 0 Å². The van der Waals surface area contributed by atoms with Crippen LogP contribution < -0.4 is 4.90 Å². The molecule has 0 aromatic heterocycles. The maximum Gasteiger partial charge on any atom is 0.312 e. The van der Waals surface area contributed by atoms with Crippen molar-refractivity contribution in [3.8, 4) is 0 Å². The van der Waals surface area contributed by atoms with E-state index in [4.69, 9.17) is 4.74 Å². The molecule has 1 atom stereocenters. The molecule has 0 radical (unpaired) electrons. The van der Waals surface area contributed by atoms with E-state index in [1.807, 2.05) is 6.07 Å². The number of ether oxygens (including phenoxy) is 1. The number of esters is 1. The van der Waals surface area contributed by atoms with E-state index in [2.05, 4.69) is 4.90 Å². The molecule has 2 heterocycles. The number of anilines is 1. The Bertz CT molecular complexity index is 582. The van der Waals surface area contributed by atoms with E-state index in [0.717, 1.165) is 62.9 Å². The van der Waals surface area contributed by atoms with Gasteiger partial charge in [0.1, 0.15) is 11.9 Å². The zero-order chi connectivity index (χ0) is 14.4. The third-order valence-electron chi connectivity index (χ3n) is 5.32. The molecule has 21 heavy (non-hydrogen) atoms. The second-order valence-electron chi connectivity index (χ2n) is 6.69. The number of nitrogens with zero attached hydrogens (tertiary/aromatic N) is 1. The molecule has 1 aromatic rings. The summed E-state index contributed by atoms with van der Waals surface area (Å²) in [5.41, 5.74) is 2.02. The minimum Gasteiger partial charge on any atom is -0.460 e. The second-order valence-corrected chi connectivity index (χ2v) is 6.69. The molecule has 1 saturated carbocycles. The molecule has 0 amide bonds. The van der Waals surface area contributed by atoms with Gasteiger partial charge in [0.2, 0.25) is 0 Å². The Labute approximate surface area is 124 Å². The first-order valence-corrected chi connectivity index (χ1v) is 7.91. The lowest BCUT2D eigenvalue weighted by Gasteiger charge is -2.35. The van der Waals surface area contributed by atoms with Gasteiger partial charge in [0.05, 0.1) is 12.0 Å². The van der Waals surface area contributed by atoms with E-state index in [9.17, 15) is 9.18 Å². The molecule has 1 saturated heterocycles. The molecule has 1 spiro atoms. The molecular weight excluding hydrogens is 269 g/mol. The van der Waals surface area contributed by atoms with E-state index in [0.29, 0.717) is 0 Å². The first-order valence-electron chi connectivity index (χ1n) is 7.91. The van der Waals surface area contributed by atoms with Crippen LogP contribution in [0.15, 0.2) is 18.2 Å². The van der Waals surface area contributed by atoms with Gasteiger partial charge in [-0.1, -0.05) is 6.42 Å². The molecule has 0 bridgehead atoms. The number of benzene rings is 1. The number of hydrogen-bond acceptors (Lipinski definition) is 3. The predicted molar refractivity (Wildman–Crippen MR) is 77.7 cm³/mol. The highest BCUT2D eigenvalue weighted by Crippen LogP contribution is 2.50. The molecule has 1 aromatic carbocycles. The minimum absolute atomic E-state index is 0.00574. The van der Waals surface area contributed by atoms with Crippen LogP contribution in [0.5, 0.6) is 0 Å². The first kappa shape index (κ1) is 13.1. The van der Waals surface area contributed by atoms with Crippen molar-refractivity contribution in [2.24, 2.45) is 5.41 Å². The van der Waals surface area contributed by atoms with Crippen LogP contribution in [0, 0.1) is 11.2 Å². The number of cyclic esters (lactones) is 1. The highest BCUT2D eigenvalue weighted by Gasteiger charge is 2.53. The minimum atomic E-state index is -0.170. The van der Waals surface area contributed by atoms with Crippen molar-refractivity contribution in [2.45, 2.75) is 44.6 Å². The summed E-state index contributed by atoms with van der Waals surface area (Å²) in [5, 5.41) is 0. The molecule has 3 aliphatic rings. The van der Waals surface area contributed by atoms with Crippen LogP contribution in [-0.4, -0.2) is 25.2 Å². The zero-order valence-corrected chi connectivity index (χ0v) is 12.1. The lowest BCUT2D eigenvalue weighted by atomic mass is 9.67. The van der Waals surface area contributed by atoms with Crippen molar-refractivity contribution in [3.05, 3.63) is 29.6 Å². The van der Waals surface area contributed by atoms with Crippen LogP contribution in [0.1, 0.15) is 37.7 Å². The Morgan fingerprint density at radius 2 is 2.19 bits per heavy atom. The van der Waals surface area contributed by atoms with Crippen molar-refractivity contribution >= 4 is 11.7 Å². The lowest BCUT2D eigenvalue weighted by Crippen LogP contribution is -2.37. The third kappa shape index (κ3) is 2.12. The average Bonchev–Trinajstić information content (AvgIpc) is 2.75. The molecular formula is C17H20FNO2. The van der Waals surface area contributed by atoms with Gasteiger partial charge in [0.15, 0.2) is 0 Å². The fourth-order valence-corrected chi connectivity index (χ4v) is 4.03. The van der Waals surface area contributed by atoms with Gasteiger partial charge in [0.25, 0.3) is 0 Å². The molecule has 0 N–H and O–H groups in total. The Morgan fingerprint density at radius 1 is 1.33 bits per heavy atom. The number of halogens is 1. The topological polar surface area (TPSA) is 29.5 Å². The molecule has 0 unspecified atom stereocenters. The van der Waals surface area contributed by atoms with Crippen molar-refractivity contribution < 1.29 is 13.9 Å². The van der Waals surface area contributed by atoms with Gasteiger partial charge < -0.3 is 9.64 Å². The average molecular weight is 289 g/mol. The SMILES string of the molecule is O=C1O[C@H](CN2CCCc3cc(F)ccc32)CC12CCC2. The molecule has 112 valence electrons. The van der Waals surface area contributed by atoms with Gasteiger partial charge >= 0.3 is 5.97 Å². The Balaban J connectivity index is 1.50. The molecule has 4 rings (SSSR count). The first-order chi connectivity index (χ1) is 10.2. The number of aryl methyl sites for hydroxylation is 1. The fourth-order valence-electron chi connectivity index (χ4n) is 4.03. The van der Waals surface area contributed by atoms with Gasteiger partial charge in [-0.15, -0.1) is 0 Å². The fraction of sp³-hybridized carbons (Fsp3) is 0.588. The Morgan fingerprint density at radius 3 is 2.90 bits per heavy atom. The summed E-state index contributed by atoms with van der Waals surface area (Å²) in [7, 11) is 0. The highest BCUT2D eigenvalue weighted by atomic mass is 19.1. The van der Waals surface area contributed by atoms with E-state index in [-0.39, 0.29) is 23.3 Å². The summed E-state index contributed by atoms with van der Waals surface area (Å²) in [6.07, 6.45) is 5.94. The molecule has 2 aliphatic heterocycles. The second kappa shape index (κ2) is 4.72. The summed E-state index contributed by atoms with van der Waals surface area (Å²) in [5.74, 6) is -0.161. The number of hydrogen-bond donors (Lipinski definition) is 0. The summed E-state index contributed by atoms with van der Waals surface area (Å²) >= 11 is 0. The molecule has 1 aliphatic carbocycles.